The Kier molecular flexibility index (Phi) is 6.11. The fraction of sp³-hybridized carbons (Fsp3) is 0.111. The number of rotatable bonds is 3. The third-order valence-corrected chi connectivity index (χ3v) is 5.50. The fourth-order valence-electron chi connectivity index (χ4n) is 3.47. The molecule has 0 radical (unpaired) electrons. The van der Waals surface area contributed by atoms with Gasteiger partial charge in [0.1, 0.15) is 5.75 Å². The van der Waals surface area contributed by atoms with Crippen LogP contribution in [0, 0.1) is 11.8 Å². The van der Waals surface area contributed by atoms with Crippen molar-refractivity contribution in [2.75, 3.05) is 19.1 Å². The molecule has 3 aromatic rings. The second kappa shape index (κ2) is 9.13. The highest BCUT2D eigenvalue weighted by atomic mass is 35.5. The predicted octanol–water partition coefficient (Wildman–Crippen LogP) is 5.19. The molecule has 0 fully saturated rings. The van der Waals surface area contributed by atoms with Crippen molar-refractivity contribution in [3.05, 3.63) is 99.6 Å². The first-order valence-electron chi connectivity index (χ1n) is 10.0. The number of ether oxygens (including phenoxy) is 1. The first kappa shape index (κ1) is 21.4. The Balaban J connectivity index is 1.61. The number of carbonyl (C=O) groups is 2. The van der Waals surface area contributed by atoms with Crippen molar-refractivity contribution in [3.63, 3.8) is 0 Å². The Morgan fingerprint density at radius 1 is 1.00 bits per heavy atom. The van der Waals surface area contributed by atoms with E-state index in [0.29, 0.717) is 22.7 Å². The molecule has 0 saturated heterocycles. The van der Waals surface area contributed by atoms with Crippen LogP contribution in [0.15, 0.2) is 72.3 Å². The van der Waals surface area contributed by atoms with Gasteiger partial charge in [0, 0.05) is 29.6 Å². The normalized spacial score (nSPS) is 14.1. The van der Waals surface area contributed by atoms with Gasteiger partial charge in [-0.15, -0.1) is 0 Å². The summed E-state index contributed by atoms with van der Waals surface area (Å²) in [6, 6.07) is 20.1. The zero-order valence-corrected chi connectivity index (χ0v) is 18.4. The average molecular weight is 442 g/mol. The van der Waals surface area contributed by atoms with Crippen molar-refractivity contribution >= 4 is 35.1 Å². The molecule has 1 heterocycles. The highest BCUT2D eigenvalue weighted by molar-refractivity contribution is 6.36. The third-order valence-electron chi connectivity index (χ3n) is 5.25. The van der Waals surface area contributed by atoms with Crippen molar-refractivity contribution < 1.29 is 14.3 Å². The number of methoxy groups -OCH3 is 1. The molecule has 5 heteroatoms. The summed E-state index contributed by atoms with van der Waals surface area (Å²) in [5, 5.41) is 0.591. The lowest BCUT2D eigenvalue weighted by atomic mass is 9.92. The number of Topliss-reactive ketones (excluding diaryl/α,β-unsaturated/α-hetero) is 1. The van der Waals surface area contributed by atoms with Crippen LogP contribution in [0.25, 0.3) is 6.08 Å². The summed E-state index contributed by atoms with van der Waals surface area (Å²) in [7, 11) is 3.30. The molecule has 4 rings (SSSR count). The van der Waals surface area contributed by atoms with E-state index in [1.807, 2.05) is 30.3 Å². The number of fused-ring (bicyclic) bond motifs is 1. The number of halogens is 1. The van der Waals surface area contributed by atoms with Gasteiger partial charge in [0.15, 0.2) is 0 Å². The Bertz CT molecular complexity index is 1280. The Morgan fingerprint density at radius 2 is 1.72 bits per heavy atom. The van der Waals surface area contributed by atoms with Gasteiger partial charge in [-0.1, -0.05) is 47.7 Å². The van der Waals surface area contributed by atoms with Crippen LogP contribution in [-0.4, -0.2) is 25.8 Å². The van der Waals surface area contributed by atoms with E-state index in [-0.39, 0.29) is 17.3 Å². The first-order valence-corrected chi connectivity index (χ1v) is 10.4. The van der Waals surface area contributed by atoms with Crippen LogP contribution < -0.4 is 9.64 Å². The van der Waals surface area contributed by atoms with Gasteiger partial charge in [-0.3, -0.25) is 9.59 Å². The molecule has 1 amide bonds. The van der Waals surface area contributed by atoms with Crippen molar-refractivity contribution in [1.82, 2.24) is 0 Å². The van der Waals surface area contributed by atoms with Gasteiger partial charge in [-0.25, -0.2) is 0 Å². The number of amides is 1. The van der Waals surface area contributed by atoms with Crippen molar-refractivity contribution in [2.45, 2.75) is 6.42 Å². The minimum Gasteiger partial charge on any atom is -0.497 e. The Morgan fingerprint density at radius 3 is 2.41 bits per heavy atom. The summed E-state index contributed by atoms with van der Waals surface area (Å²) in [5.74, 6) is 6.42. The second-order valence-electron chi connectivity index (χ2n) is 7.36. The number of likely N-dealkylation sites (N-methyl/N-ethyl adjacent to an activating group) is 1. The summed E-state index contributed by atoms with van der Waals surface area (Å²) >= 11 is 5.93. The number of carbonyl (C=O) groups excluding carboxylic acids is 2. The van der Waals surface area contributed by atoms with E-state index in [1.54, 1.807) is 56.6 Å². The molecule has 1 aliphatic rings. The molecule has 0 aliphatic carbocycles. The highest BCUT2D eigenvalue weighted by Gasteiger charge is 2.32. The number of hydrogen-bond donors (Lipinski definition) is 0. The van der Waals surface area contributed by atoms with Gasteiger partial charge < -0.3 is 9.64 Å². The first-order chi connectivity index (χ1) is 15.5. The number of benzene rings is 3. The molecule has 1 aliphatic heterocycles. The van der Waals surface area contributed by atoms with E-state index in [0.717, 1.165) is 22.4 Å². The van der Waals surface area contributed by atoms with Gasteiger partial charge in [-0.2, -0.15) is 0 Å². The van der Waals surface area contributed by atoms with E-state index >= 15 is 0 Å². The summed E-state index contributed by atoms with van der Waals surface area (Å²) in [6.07, 6.45) is 2.18. The maximum Gasteiger partial charge on any atom is 0.262 e. The molecule has 4 nitrogen and oxygen atoms in total. The summed E-state index contributed by atoms with van der Waals surface area (Å²) < 4.78 is 5.17. The number of ketones is 1. The molecular weight excluding hydrogens is 422 g/mol. The minimum absolute atomic E-state index is 0.116. The molecular formula is C27H20ClNO3. The SMILES string of the molecule is COc1ccc(CC#Cc2ccc3c(c2)C(=O)/C(=C\c2ccc(Cl)cc2)C(=O)N3C)cc1. The van der Waals surface area contributed by atoms with Crippen molar-refractivity contribution in [1.29, 1.82) is 0 Å². The van der Waals surface area contributed by atoms with Crippen LogP contribution in [0.1, 0.15) is 27.0 Å². The zero-order chi connectivity index (χ0) is 22.7. The smallest absolute Gasteiger partial charge is 0.262 e. The molecule has 0 atom stereocenters. The van der Waals surface area contributed by atoms with Gasteiger partial charge in [0.25, 0.3) is 5.91 Å². The van der Waals surface area contributed by atoms with Gasteiger partial charge in [0.2, 0.25) is 5.78 Å². The monoisotopic (exact) mass is 441 g/mol. The maximum absolute atomic E-state index is 13.2. The van der Waals surface area contributed by atoms with Gasteiger partial charge in [-0.05, 0) is 59.7 Å². The lowest BCUT2D eigenvalue weighted by Crippen LogP contribution is -2.36. The molecule has 0 N–H and O–H groups in total. The highest BCUT2D eigenvalue weighted by Crippen LogP contribution is 2.31. The van der Waals surface area contributed by atoms with Crippen LogP contribution in [0.2, 0.25) is 5.02 Å². The molecule has 0 unspecified atom stereocenters. The molecule has 0 spiro atoms. The van der Waals surface area contributed by atoms with Gasteiger partial charge in [0.05, 0.1) is 18.4 Å². The minimum atomic E-state index is -0.337. The molecule has 3 aromatic carbocycles. The predicted molar refractivity (Wildman–Crippen MR) is 127 cm³/mol. The quantitative estimate of drug-likeness (QED) is 0.319. The molecule has 0 bridgehead atoms. The van der Waals surface area contributed by atoms with E-state index < -0.39 is 0 Å². The largest absolute Gasteiger partial charge is 0.497 e. The maximum atomic E-state index is 13.2. The summed E-state index contributed by atoms with van der Waals surface area (Å²) in [6.45, 7) is 0. The number of anilines is 1. The summed E-state index contributed by atoms with van der Waals surface area (Å²) in [4.78, 5) is 27.4. The molecule has 32 heavy (non-hydrogen) atoms. The van der Waals surface area contributed by atoms with Crippen LogP contribution >= 0.6 is 11.6 Å². The number of nitrogens with zero attached hydrogens (tertiary/aromatic N) is 1. The third kappa shape index (κ3) is 4.44. The average Bonchev–Trinajstić information content (AvgIpc) is 2.82. The van der Waals surface area contributed by atoms with E-state index in [9.17, 15) is 9.59 Å². The van der Waals surface area contributed by atoms with Crippen LogP contribution in [0.4, 0.5) is 5.69 Å². The fourth-order valence-corrected chi connectivity index (χ4v) is 3.59. The van der Waals surface area contributed by atoms with Crippen molar-refractivity contribution in [3.8, 4) is 17.6 Å². The lowest BCUT2D eigenvalue weighted by molar-refractivity contribution is -0.114. The van der Waals surface area contributed by atoms with Crippen molar-refractivity contribution in [2.24, 2.45) is 0 Å². The van der Waals surface area contributed by atoms with Crippen LogP contribution in [0.5, 0.6) is 5.75 Å². The van der Waals surface area contributed by atoms with E-state index in [1.165, 1.54) is 4.90 Å². The van der Waals surface area contributed by atoms with E-state index in [2.05, 4.69) is 11.8 Å². The lowest BCUT2D eigenvalue weighted by Gasteiger charge is -2.26. The molecule has 158 valence electrons. The molecule has 0 aromatic heterocycles. The standard InChI is InChI=1S/C27H20ClNO3/c1-29-25-15-10-19(5-3-4-18-8-13-22(32-2)14-9-18)16-23(25)26(30)24(27(29)31)17-20-6-11-21(28)12-7-20/h6-17H,4H2,1-2H3/b24-17+. The van der Waals surface area contributed by atoms with Crippen LogP contribution in [-0.2, 0) is 11.2 Å². The number of hydrogen-bond acceptors (Lipinski definition) is 3. The molecule has 0 saturated carbocycles. The zero-order valence-electron chi connectivity index (χ0n) is 17.7. The Hall–Kier alpha value is -3.81. The second-order valence-corrected chi connectivity index (χ2v) is 7.80. The summed E-state index contributed by atoms with van der Waals surface area (Å²) in [5.41, 5.74) is 3.69. The van der Waals surface area contributed by atoms with E-state index in [4.69, 9.17) is 16.3 Å². The van der Waals surface area contributed by atoms with Crippen LogP contribution in [0.3, 0.4) is 0 Å². The topological polar surface area (TPSA) is 46.6 Å². The van der Waals surface area contributed by atoms with Gasteiger partial charge >= 0.3 is 0 Å². The Labute approximate surface area is 192 Å².